The molecule has 0 aliphatic rings. The van der Waals surface area contributed by atoms with E-state index in [4.69, 9.17) is 0 Å². The lowest BCUT2D eigenvalue weighted by Gasteiger charge is -2.13. The fraction of sp³-hybridized carbons (Fsp3) is 0.222. The summed E-state index contributed by atoms with van der Waals surface area (Å²) >= 11 is 5.54. The van der Waals surface area contributed by atoms with Gasteiger partial charge in [-0.15, -0.1) is 11.3 Å². The van der Waals surface area contributed by atoms with Gasteiger partial charge in [-0.1, -0.05) is 64.5 Å². The first-order valence-corrected chi connectivity index (χ1v) is 8.92. The molecule has 2 heteroatoms. The van der Waals surface area contributed by atoms with Crippen LogP contribution in [0.5, 0.6) is 0 Å². The molecule has 1 atom stereocenters. The molecule has 20 heavy (non-hydrogen) atoms. The van der Waals surface area contributed by atoms with E-state index >= 15 is 0 Å². The fourth-order valence-electron chi connectivity index (χ4n) is 2.63. The second-order valence-electron chi connectivity index (χ2n) is 5.17. The van der Waals surface area contributed by atoms with Crippen LogP contribution in [0.3, 0.4) is 0 Å². The van der Waals surface area contributed by atoms with Crippen LogP contribution in [0.1, 0.15) is 11.1 Å². The summed E-state index contributed by atoms with van der Waals surface area (Å²) in [7, 11) is 0. The summed E-state index contributed by atoms with van der Waals surface area (Å²) in [5, 5.41) is 4.80. The van der Waals surface area contributed by atoms with Crippen LogP contribution in [0.25, 0.3) is 10.1 Å². The minimum Gasteiger partial charge on any atom is -0.144 e. The molecular formula is C18H17BrS. The highest BCUT2D eigenvalue weighted by molar-refractivity contribution is 9.09. The quantitative estimate of drug-likeness (QED) is 0.521. The van der Waals surface area contributed by atoms with Crippen molar-refractivity contribution >= 4 is 37.4 Å². The van der Waals surface area contributed by atoms with Crippen LogP contribution in [-0.2, 0) is 12.8 Å². The molecule has 0 radical (unpaired) electrons. The minimum absolute atomic E-state index is 0.649. The van der Waals surface area contributed by atoms with Crippen LogP contribution in [-0.4, -0.2) is 5.33 Å². The zero-order chi connectivity index (χ0) is 13.8. The van der Waals surface area contributed by atoms with Crippen molar-refractivity contribution in [2.24, 2.45) is 5.92 Å². The number of hydrogen-bond donors (Lipinski definition) is 0. The van der Waals surface area contributed by atoms with Crippen molar-refractivity contribution in [3.05, 3.63) is 71.1 Å². The molecule has 0 saturated heterocycles. The van der Waals surface area contributed by atoms with Crippen LogP contribution in [0, 0.1) is 5.92 Å². The zero-order valence-corrected chi connectivity index (χ0v) is 13.7. The topological polar surface area (TPSA) is 0 Å². The van der Waals surface area contributed by atoms with Gasteiger partial charge in [0.15, 0.2) is 0 Å². The molecule has 0 bridgehead atoms. The lowest BCUT2D eigenvalue weighted by atomic mass is 9.94. The van der Waals surface area contributed by atoms with Gasteiger partial charge in [0.2, 0.25) is 0 Å². The molecule has 3 aromatic rings. The van der Waals surface area contributed by atoms with Gasteiger partial charge in [0.05, 0.1) is 0 Å². The Kier molecular flexibility index (Phi) is 4.54. The maximum atomic E-state index is 3.69. The Morgan fingerprint density at radius 1 is 0.900 bits per heavy atom. The molecule has 0 N–H and O–H groups in total. The Balaban J connectivity index is 1.78. The first-order valence-electron chi connectivity index (χ1n) is 6.92. The Morgan fingerprint density at radius 2 is 1.65 bits per heavy atom. The van der Waals surface area contributed by atoms with Gasteiger partial charge in [0, 0.05) is 10.0 Å². The van der Waals surface area contributed by atoms with Gasteiger partial charge in [-0.3, -0.25) is 0 Å². The third kappa shape index (κ3) is 3.13. The van der Waals surface area contributed by atoms with E-state index in [9.17, 15) is 0 Å². The van der Waals surface area contributed by atoms with Crippen LogP contribution >= 0.6 is 27.3 Å². The van der Waals surface area contributed by atoms with E-state index < -0.39 is 0 Å². The van der Waals surface area contributed by atoms with E-state index in [0.29, 0.717) is 5.92 Å². The second-order valence-corrected chi connectivity index (χ2v) is 6.73. The monoisotopic (exact) mass is 344 g/mol. The zero-order valence-electron chi connectivity index (χ0n) is 11.3. The summed E-state index contributed by atoms with van der Waals surface area (Å²) in [5.74, 6) is 0.649. The van der Waals surface area contributed by atoms with Crippen LogP contribution < -0.4 is 0 Å². The van der Waals surface area contributed by atoms with E-state index in [-0.39, 0.29) is 0 Å². The summed E-state index contributed by atoms with van der Waals surface area (Å²) in [6, 6.07) is 19.5. The molecule has 1 unspecified atom stereocenters. The number of rotatable bonds is 5. The van der Waals surface area contributed by atoms with Crippen LogP contribution in [0.2, 0.25) is 0 Å². The van der Waals surface area contributed by atoms with E-state index in [0.717, 1.165) is 18.2 Å². The number of hydrogen-bond acceptors (Lipinski definition) is 1. The van der Waals surface area contributed by atoms with Crippen molar-refractivity contribution in [1.82, 2.24) is 0 Å². The van der Waals surface area contributed by atoms with Gasteiger partial charge >= 0.3 is 0 Å². The SMILES string of the molecule is BrCC(Cc1ccccc1)Cc1csc2ccccc12. The molecule has 102 valence electrons. The van der Waals surface area contributed by atoms with E-state index in [2.05, 4.69) is 75.9 Å². The highest BCUT2D eigenvalue weighted by Crippen LogP contribution is 2.28. The summed E-state index contributed by atoms with van der Waals surface area (Å²) in [4.78, 5) is 0. The Bertz CT molecular complexity index is 672. The largest absolute Gasteiger partial charge is 0.144 e. The summed E-state index contributed by atoms with van der Waals surface area (Å²) in [6.45, 7) is 0. The predicted octanol–water partition coefficient (Wildman–Crippen LogP) is 5.70. The van der Waals surface area contributed by atoms with Gasteiger partial charge in [-0.25, -0.2) is 0 Å². The van der Waals surface area contributed by atoms with Crippen molar-refractivity contribution in [3.63, 3.8) is 0 Å². The molecule has 0 nitrogen and oxygen atoms in total. The van der Waals surface area contributed by atoms with Gasteiger partial charge < -0.3 is 0 Å². The number of benzene rings is 2. The highest BCUT2D eigenvalue weighted by Gasteiger charge is 2.12. The molecule has 3 rings (SSSR count). The van der Waals surface area contributed by atoms with Crippen molar-refractivity contribution in [2.75, 3.05) is 5.33 Å². The Labute approximate surface area is 132 Å². The standard InChI is InChI=1S/C18H17BrS/c19-12-15(10-14-6-2-1-3-7-14)11-16-13-20-18-9-5-4-8-17(16)18/h1-9,13,15H,10-12H2. The molecule has 1 aromatic heterocycles. The van der Waals surface area contributed by atoms with Crippen molar-refractivity contribution in [3.8, 4) is 0 Å². The summed E-state index contributed by atoms with van der Waals surface area (Å²) in [6.07, 6.45) is 2.28. The van der Waals surface area contributed by atoms with Crippen LogP contribution in [0.15, 0.2) is 60.0 Å². The van der Waals surface area contributed by atoms with Crippen molar-refractivity contribution in [1.29, 1.82) is 0 Å². The number of fused-ring (bicyclic) bond motifs is 1. The highest BCUT2D eigenvalue weighted by atomic mass is 79.9. The third-order valence-electron chi connectivity index (χ3n) is 3.66. The summed E-state index contributed by atoms with van der Waals surface area (Å²) < 4.78 is 1.40. The number of thiophene rings is 1. The minimum atomic E-state index is 0.649. The van der Waals surface area contributed by atoms with E-state index in [1.54, 1.807) is 0 Å². The van der Waals surface area contributed by atoms with Gasteiger partial charge in [0.25, 0.3) is 0 Å². The molecule has 2 aromatic carbocycles. The molecule has 0 fully saturated rings. The number of alkyl halides is 1. The second kappa shape index (κ2) is 6.55. The molecule has 0 amide bonds. The maximum Gasteiger partial charge on any atom is 0.0345 e. The van der Waals surface area contributed by atoms with Gasteiger partial charge in [-0.05, 0) is 46.7 Å². The van der Waals surface area contributed by atoms with Crippen LogP contribution in [0.4, 0.5) is 0 Å². The predicted molar refractivity (Wildman–Crippen MR) is 93.0 cm³/mol. The van der Waals surface area contributed by atoms with Gasteiger partial charge in [-0.2, -0.15) is 0 Å². The average Bonchev–Trinajstić information content (AvgIpc) is 2.91. The normalized spacial score (nSPS) is 12.7. The molecule has 0 spiro atoms. The fourth-order valence-corrected chi connectivity index (χ4v) is 4.06. The van der Waals surface area contributed by atoms with Crippen molar-refractivity contribution < 1.29 is 0 Å². The average molecular weight is 345 g/mol. The van der Waals surface area contributed by atoms with Gasteiger partial charge in [0.1, 0.15) is 0 Å². The number of halogens is 1. The molecule has 0 aliphatic heterocycles. The summed E-state index contributed by atoms with van der Waals surface area (Å²) in [5.41, 5.74) is 2.92. The van der Waals surface area contributed by atoms with Crippen molar-refractivity contribution in [2.45, 2.75) is 12.8 Å². The smallest absolute Gasteiger partial charge is 0.0345 e. The lowest BCUT2D eigenvalue weighted by molar-refractivity contribution is 0.594. The molecule has 0 aliphatic carbocycles. The van der Waals surface area contributed by atoms with E-state index in [1.165, 1.54) is 21.2 Å². The molecular weight excluding hydrogens is 328 g/mol. The maximum absolute atomic E-state index is 3.69. The Hall–Kier alpha value is -1.12. The molecule has 0 saturated carbocycles. The first-order chi connectivity index (χ1) is 9.86. The Morgan fingerprint density at radius 3 is 2.45 bits per heavy atom. The third-order valence-corrected chi connectivity index (χ3v) is 5.58. The lowest BCUT2D eigenvalue weighted by Crippen LogP contribution is -2.09. The first kappa shape index (κ1) is 13.8. The van der Waals surface area contributed by atoms with E-state index in [1.807, 2.05) is 11.3 Å². The molecule has 1 heterocycles.